The lowest BCUT2D eigenvalue weighted by Gasteiger charge is -2.48. The Bertz CT molecular complexity index is 343. The number of hydrogen-bond donors (Lipinski definition) is 2. The number of carbonyl (C=O) groups is 1. The lowest BCUT2D eigenvalue weighted by molar-refractivity contribution is -0.145. The number of nitrogens with zero attached hydrogens (tertiary/aromatic N) is 1. The van der Waals surface area contributed by atoms with Crippen molar-refractivity contribution in [3.8, 4) is 0 Å². The van der Waals surface area contributed by atoms with Crippen molar-refractivity contribution >= 4 is 5.97 Å². The van der Waals surface area contributed by atoms with Crippen LogP contribution >= 0.6 is 0 Å². The van der Waals surface area contributed by atoms with Gasteiger partial charge in [-0.1, -0.05) is 6.92 Å². The molecule has 1 saturated heterocycles. The van der Waals surface area contributed by atoms with E-state index in [2.05, 4.69) is 17.1 Å². The van der Waals surface area contributed by atoms with Gasteiger partial charge in [0, 0.05) is 25.2 Å². The van der Waals surface area contributed by atoms with Crippen molar-refractivity contribution in [1.29, 1.82) is 0 Å². The highest BCUT2D eigenvalue weighted by molar-refractivity contribution is 5.70. The van der Waals surface area contributed by atoms with Crippen LogP contribution in [0.2, 0.25) is 0 Å². The number of carboxylic acid groups (broad SMARTS) is 1. The smallest absolute Gasteiger partial charge is 0.307 e. The normalized spacial score (nSPS) is 39.8. The van der Waals surface area contributed by atoms with Crippen molar-refractivity contribution in [3.63, 3.8) is 0 Å². The molecule has 19 heavy (non-hydrogen) atoms. The zero-order valence-electron chi connectivity index (χ0n) is 11.8. The van der Waals surface area contributed by atoms with E-state index < -0.39 is 5.97 Å². The van der Waals surface area contributed by atoms with E-state index in [1.807, 2.05) is 0 Å². The first-order valence-corrected chi connectivity index (χ1v) is 7.83. The third-order valence-corrected chi connectivity index (χ3v) is 5.26. The number of rotatable bonds is 5. The number of nitrogens with one attached hydrogen (secondary N) is 1. The highest BCUT2D eigenvalue weighted by Gasteiger charge is 2.39. The Morgan fingerprint density at radius 2 is 2.05 bits per heavy atom. The maximum absolute atomic E-state index is 11.4. The molecule has 1 heterocycles. The molecule has 3 rings (SSSR count). The van der Waals surface area contributed by atoms with E-state index in [9.17, 15) is 9.90 Å². The van der Waals surface area contributed by atoms with Crippen LogP contribution in [0.5, 0.6) is 0 Å². The fraction of sp³-hybridized carbons (Fsp3) is 0.933. The number of hydrogen-bond acceptors (Lipinski definition) is 3. The zero-order chi connectivity index (χ0) is 13.4. The van der Waals surface area contributed by atoms with Crippen molar-refractivity contribution in [1.82, 2.24) is 10.2 Å². The van der Waals surface area contributed by atoms with Crippen LogP contribution in [0.1, 0.15) is 39.0 Å². The second-order valence-corrected chi connectivity index (χ2v) is 6.90. The van der Waals surface area contributed by atoms with Crippen LogP contribution in [0.25, 0.3) is 0 Å². The summed E-state index contributed by atoms with van der Waals surface area (Å²) < 4.78 is 0. The average Bonchev–Trinajstić information content (AvgIpc) is 3.18. The van der Waals surface area contributed by atoms with Crippen molar-refractivity contribution in [2.24, 2.45) is 17.8 Å². The minimum Gasteiger partial charge on any atom is -0.481 e. The van der Waals surface area contributed by atoms with Crippen LogP contribution in [-0.4, -0.2) is 47.7 Å². The molecule has 3 fully saturated rings. The van der Waals surface area contributed by atoms with Crippen LogP contribution in [0, 0.1) is 17.8 Å². The molecular weight excluding hydrogens is 240 g/mol. The molecule has 0 spiro atoms. The summed E-state index contributed by atoms with van der Waals surface area (Å²) >= 11 is 0. The number of aliphatic carboxylic acids is 1. The van der Waals surface area contributed by atoms with Crippen molar-refractivity contribution < 1.29 is 9.90 Å². The molecule has 108 valence electrons. The standard InChI is InChI=1S/C15H26N2O2/c1-10-2-5-14(10)17-8-12(15(18)19)6-13(9-17)16-7-11-3-4-11/h10-14,16H,2-9H2,1H3,(H,18,19). The Hall–Kier alpha value is -0.610. The lowest BCUT2D eigenvalue weighted by atomic mass is 9.78. The molecule has 0 aromatic carbocycles. The molecule has 0 aromatic rings. The molecular formula is C15H26N2O2. The quantitative estimate of drug-likeness (QED) is 0.793. The monoisotopic (exact) mass is 266 g/mol. The summed E-state index contributed by atoms with van der Waals surface area (Å²) in [5.74, 6) is 0.811. The summed E-state index contributed by atoms with van der Waals surface area (Å²) in [5.41, 5.74) is 0. The van der Waals surface area contributed by atoms with Gasteiger partial charge in [-0.05, 0) is 50.5 Å². The predicted molar refractivity (Wildman–Crippen MR) is 74.0 cm³/mol. The molecule has 4 unspecified atom stereocenters. The highest BCUT2D eigenvalue weighted by atomic mass is 16.4. The summed E-state index contributed by atoms with van der Waals surface area (Å²) in [6.07, 6.45) is 6.07. The second-order valence-electron chi connectivity index (χ2n) is 6.90. The topological polar surface area (TPSA) is 52.6 Å². The molecule has 4 atom stereocenters. The number of piperidine rings is 1. The van der Waals surface area contributed by atoms with E-state index in [-0.39, 0.29) is 5.92 Å². The average molecular weight is 266 g/mol. The van der Waals surface area contributed by atoms with E-state index in [4.69, 9.17) is 0 Å². The van der Waals surface area contributed by atoms with Crippen LogP contribution in [-0.2, 0) is 4.79 Å². The van der Waals surface area contributed by atoms with Gasteiger partial charge in [-0.15, -0.1) is 0 Å². The van der Waals surface area contributed by atoms with E-state index >= 15 is 0 Å². The third kappa shape index (κ3) is 3.11. The second kappa shape index (κ2) is 5.41. The van der Waals surface area contributed by atoms with Gasteiger partial charge >= 0.3 is 5.97 Å². The Labute approximate surface area is 115 Å². The molecule has 0 bridgehead atoms. The van der Waals surface area contributed by atoms with E-state index in [0.29, 0.717) is 12.1 Å². The van der Waals surface area contributed by atoms with Crippen LogP contribution in [0.3, 0.4) is 0 Å². The van der Waals surface area contributed by atoms with Crippen molar-refractivity contribution in [2.75, 3.05) is 19.6 Å². The van der Waals surface area contributed by atoms with Gasteiger partial charge in [-0.25, -0.2) is 0 Å². The first-order valence-electron chi connectivity index (χ1n) is 7.83. The van der Waals surface area contributed by atoms with Gasteiger partial charge in [0.25, 0.3) is 0 Å². The summed E-state index contributed by atoms with van der Waals surface area (Å²) in [6.45, 7) is 5.19. The fourth-order valence-electron chi connectivity index (χ4n) is 3.58. The van der Waals surface area contributed by atoms with E-state index in [1.165, 1.54) is 25.7 Å². The summed E-state index contributed by atoms with van der Waals surface area (Å²) in [6, 6.07) is 1.01. The van der Waals surface area contributed by atoms with Gasteiger partial charge in [-0.3, -0.25) is 9.69 Å². The maximum atomic E-state index is 11.4. The Morgan fingerprint density at radius 3 is 2.58 bits per heavy atom. The van der Waals surface area contributed by atoms with Gasteiger partial charge in [-0.2, -0.15) is 0 Å². The van der Waals surface area contributed by atoms with Gasteiger partial charge in [0.2, 0.25) is 0 Å². The largest absolute Gasteiger partial charge is 0.481 e. The first kappa shape index (κ1) is 13.4. The van der Waals surface area contributed by atoms with Crippen LogP contribution in [0.15, 0.2) is 0 Å². The van der Waals surface area contributed by atoms with Gasteiger partial charge in [0.05, 0.1) is 5.92 Å². The lowest BCUT2D eigenvalue weighted by Crippen LogP contribution is -2.57. The predicted octanol–water partition coefficient (Wildman–Crippen LogP) is 1.56. The maximum Gasteiger partial charge on any atom is 0.307 e. The molecule has 1 aliphatic heterocycles. The Balaban J connectivity index is 1.58. The molecule has 2 aliphatic carbocycles. The Morgan fingerprint density at radius 1 is 1.26 bits per heavy atom. The molecule has 4 nitrogen and oxygen atoms in total. The minimum atomic E-state index is -0.616. The van der Waals surface area contributed by atoms with Crippen molar-refractivity contribution in [3.05, 3.63) is 0 Å². The molecule has 2 N–H and O–H groups in total. The summed E-state index contributed by atoms with van der Waals surface area (Å²) in [7, 11) is 0. The van der Waals surface area contributed by atoms with Gasteiger partial charge < -0.3 is 10.4 Å². The van der Waals surface area contributed by atoms with Gasteiger partial charge in [0.1, 0.15) is 0 Å². The molecule has 0 radical (unpaired) electrons. The fourth-order valence-corrected chi connectivity index (χ4v) is 3.58. The SMILES string of the molecule is CC1CCC1N1CC(NCC2CC2)CC(C(=O)O)C1. The minimum absolute atomic E-state index is 0.182. The first-order chi connectivity index (χ1) is 9.13. The molecule has 2 saturated carbocycles. The molecule has 0 aromatic heterocycles. The molecule has 4 heteroatoms. The third-order valence-electron chi connectivity index (χ3n) is 5.26. The summed E-state index contributed by atoms with van der Waals surface area (Å²) in [4.78, 5) is 13.8. The van der Waals surface area contributed by atoms with E-state index in [0.717, 1.165) is 37.9 Å². The van der Waals surface area contributed by atoms with Crippen molar-refractivity contribution in [2.45, 2.75) is 51.1 Å². The number of carboxylic acids is 1. The summed E-state index contributed by atoms with van der Waals surface area (Å²) in [5, 5.41) is 13.0. The van der Waals surface area contributed by atoms with Crippen LogP contribution in [0.4, 0.5) is 0 Å². The van der Waals surface area contributed by atoms with Crippen LogP contribution < -0.4 is 5.32 Å². The van der Waals surface area contributed by atoms with E-state index in [1.54, 1.807) is 0 Å². The Kier molecular flexibility index (Phi) is 3.81. The molecule has 0 amide bonds. The molecule has 3 aliphatic rings. The number of likely N-dealkylation sites (tertiary alicyclic amines) is 1. The zero-order valence-corrected chi connectivity index (χ0v) is 11.8. The highest BCUT2D eigenvalue weighted by Crippen LogP contribution is 2.34. The van der Waals surface area contributed by atoms with Gasteiger partial charge in [0.15, 0.2) is 0 Å².